The Morgan fingerprint density at radius 3 is 2.67 bits per heavy atom. The fourth-order valence-electron chi connectivity index (χ4n) is 1.23. The number of hydrogen-bond donors (Lipinski definition) is 1. The second kappa shape index (κ2) is 5.14. The van der Waals surface area contributed by atoms with Crippen LogP contribution in [0.15, 0.2) is 21.2 Å². The van der Waals surface area contributed by atoms with Gasteiger partial charge in [0.1, 0.15) is 15.6 Å². The molecule has 1 unspecified atom stereocenters. The van der Waals surface area contributed by atoms with E-state index in [4.69, 9.17) is 4.42 Å². The van der Waals surface area contributed by atoms with Gasteiger partial charge in [-0.3, -0.25) is 0 Å². The van der Waals surface area contributed by atoms with E-state index >= 15 is 0 Å². The van der Waals surface area contributed by atoms with Crippen LogP contribution in [0.2, 0.25) is 0 Å². The fourth-order valence-corrected chi connectivity index (χ4v) is 2.60. The second-order valence-corrected chi connectivity index (χ2v) is 6.55. The molecule has 0 spiro atoms. The van der Waals surface area contributed by atoms with Crippen molar-refractivity contribution in [3.05, 3.63) is 22.6 Å². The quantitative estimate of drug-likeness (QED) is 0.896. The van der Waals surface area contributed by atoms with Crippen LogP contribution in [-0.2, 0) is 16.4 Å². The SMILES string of the molecule is CC(CS(C)(=O)=O)NCc1ccc(Br)o1. The van der Waals surface area contributed by atoms with Crippen molar-refractivity contribution in [3.8, 4) is 0 Å². The standard InChI is InChI=1S/C9H14BrNO3S/c1-7(6-15(2,12)13)11-5-8-3-4-9(10)14-8/h3-4,7,11H,5-6H2,1-2H3. The summed E-state index contributed by atoms with van der Waals surface area (Å²) in [5.41, 5.74) is 0. The van der Waals surface area contributed by atoms with Gasteiger partial charge in [0, 0.05) is 12.3 Å². The number of sulfone groups is 1. The molecule has 0 aromatic carbocycles. The maximum absolute atomic E-state index is 11.0. The van der Waals surface area contributed by atoms with Crippen LogP contribution in [-0.4, -0.2) is 26.5 Å². The minimum absolute atomic E-state index is 0.0797. The van der Waals surface area contributed by atoms with Crippen LogP contribution in [0.25, 0.3) is 0 Å². The minimum Gasteiger partial charge on any atom is -0.453 e. The summed E-state index contributed by atoms with van der Waals surface area (Å²) in [7, 11) is -2.92. The lowest BCUT2D eigenvalue weighted by atomic mass is 10.3. The Bertz CT molecular complexity index is 413. The van der Waals surface area contributed by atoms with Gasteiger partial charge in [-0.1, -0.05) is 0 Å². The van der Waals surface area contributed by atoms with Crippen LogP contribution in [0.1, 0.15) is 12.7 Å². The predicted octanol–water partition coefficient (Wildman–Crippen LogP) is 1.56. The highest BCUT2D eigenvalue weighted by atomic mass is 79.9. The largest absolute Gasteiger partial charge is 0.453 e. The van der Waals surface area contributed by atoms with Crippen molar-refractivity contribution in [3.63, 3.8) is 0 Å². The van der Waals surface area contributed by atoms with Crippen molar-refractivity contribution in [2.24, 2.45) is 0 Å². The first-order chi connectivity index (χ1) is 6.87. The number of hydrogen-bond acceptors (Lipinski definition) is 4. The van der Waals surface area contributed by atoms with Gasteiger partial charge in [0.2, 0.25) is 0 Å². The zero-order chi connectivity index (χ0) is 11.5. The summed E-state index contributed by atoms with van der Waals surface area (Å²) in [6.45, 7) is 2.36. The highest BCUT2D eigenvalue weighted by molar-refractivity contribution is 9.10. The predicted molar refractivity (Wildman–Crippen MR) is 62.4 cm³/mol. The highest BCUT2D eigenvalue weighted by Gasteiger charge is 2.10. The fraction of sp³-hybridized carbons (Fsp3) is 0.556. The van der Waals surface area contributed by atoms with E-state index in [2.05, 4.69) is 21.2 Å². The molecule has 0 aliphatic carbocycles. The van der Waals surface area contributed by atoms with E-state index in [1.165, 1.54) is 6.26 Å². The van der Waals surface area contributed by atoms with E-state index in [-0.39, 0.29) is 11.8 Å². The Balaban J connectivity index is 2.37. The number of rotatable bonds is 5. The molecule has 0 bridgehead atoms. The first-order valence-corrected chi connectivity index (χ1v) is 7.37. The lowest BCUT2D eigenvalue weighted by Gasteiger charge is -2.10. The summed E-state index contributed by atoms with van der Waals surface area (Å²) in [4.78, 5) is 0. The zero-order valence-electron chi connectivity index (χ0n) is 8.66. The van der Waals surface area contributed by atoms with Gasteiger partial charge in [0.05, 0.1) is 12.3 Å². The van der Waals surface area contributed by atoms with E-state index in [1.54, 1.807) is 6.07 Å². The highest BCUT2D eigenvalue weighted by Crippen LogP contribution is 2.13. The van der Waals surface area contributed by atoms with E-state index in [0.29, 0.717) is 11.2 Å². The molecule has 1 rings (SSSR count). The monoisotopic (exact) mass is 295 g/mol. The number of furan rings is 1. The van der Waals surface area contributed by atoms with Gasteiger partial charge in [0.25, 0.3) is 0 Å². The van der Waals surface area contributed by atoms with Crippen molar-refractivity contribution in [2.75, 3.05) is 12.0 Å². The first kappa shape index (κ1) is 12.7. The first-order valence-electron chi connectivity index (χ1n) is 4.52. The van der Waals surface area contributed by atoms with Crippen LogP contribution >= 0.6 is 15.9 Å². The summed E-state index contributed by atoms with van der Waals surface area (Å²) in [5, 5.41) is 3.08. The summed E-state index contributed by atoms with van der Waals surface area (Å²) < 4.78 is 27.9. The molecule has 0 saturated carbocycles. The number of halogens is 1. The third-order valence-corrected chi connectivity index (χ3v) is 3.34. The number of nitrogens with one attached hydrogen (secondary N) is 1. The molecule has 6 heteroatoms. The van der Waals surface area contributed by atoms with Crippen LogP contribution in [0.5, 0.6) is 0 Å². The molecule has 0 radical (unpaired) electrons. The molecule has 1 heterocycles. The van der Waals surface area contributed by atoms with E-state index in [0.717, 1.165) is 5.76 Å². The average Bonchev–Trinajstić information content (AvgIpc) is 2.45. The molecule has 0 fully saturated rings. The van der Waals surface area contributed by atoms with Crippen molar-refractivity contribution in [2.45, 2.75) is 19.5 Å². The molecule has 0 aliphatic rings. The van der Waals surface area contributed by atoms with Crippen LogP contribution in [0, 0.1) is 0 Å². The van der Waals surface area contributed by atoms with Gasteiger partial charge >= 0.3 is 0 Å². The smallest absolute Gasteiger partial charge is 0.169 e. The molecular formula is C9H14BrNO3S. The molecule has 0 saturated heterocycles. The molecule has 86 valence electrons. The third-order valence-electron chi connectivity index (χ3n) is 1.81. The Kier molecular flexibility index (Phi) is 4.36. The Hall–Kier alpha value is -0.330. The molecule has 1 N–H and O–H groups in total. The summed E-state index contributed by atoms with van der Waals surface area (Å²) in [5.74, 6) is 0.914. The molecule has 1 aromatic heterocycles. The van der Waals surface area contributed by atoms with Gasteiger partial charge in [-0.25, -0.2) is 8.42 Å². The Morgan fingerprint density at radius 2 is 2.20 bits per heavy atom. The van der Waals surface area contributed by atoms with E-state index < -0.39 is 9.84 Å². The van der Waals surface area contributed by atoms with E-state index in [9.17, 15) is 8.42 Å². The lowest BCUT2D eigenvalue weighted by Crippen LogP contribution is -2.32. The minimum atomic E-state index is -2.92. The molecule has 15 heavy (non-hydrogen) atoms. The maximum Gasteiger partial charge on any atom is 0.169 e. The normalized spacial score (nSPS) is 14.1. The molecule has 1 aromatic rings. The second-order valence-electron chi connectivity index (χ2n) is 3.58. The Labute approximate surface area is 98.1 Å². The van der Waals surface area contributed by atoms with Crippen molar-refractivity contribution in [1.82, 2.24) is 5.32 Å². The van der Waals surface area contributed by atoms with Crippen molar-refractivity contribution in [1.29, 1.82) is 0 Å². The van der Waals surface area contributed by atoms with Crippen LogP contribution in [0.3, 0.4) is 0 Å². The summed E-state index contributed by atoms with van der Waals surface area (Å²) in [6.07, 6.45) is 1.23. The van der Waals surface area contributed by atoms with Crippen molar-refractivity contribution < 1.29 is 12.8 Å². The van der Waals surface area contributed by atoms with Crippen LogP contribution < -0.4 is 5.32 Å². The van der Waals surface area contributed by atoms with Gasteiger partial charge in [0.15, 0.2) is 4.67 Å². The lowest BCUT2D eigenvalue weighted by molar-refractivity contribution is 0.450. The summed E-state index contributed by atoms with van der Waals surface area (Å²) in [6, 6.07) is 3.56. The topological polar surface area (TPSA) is 59.3 Å². The zero-order valence-corrected chi connectivity index (χ0v) is 11.1. The molecular weight excluding hydrogens is 282 g/mol. The van der Waals surface area contributed by atoms with Crippen molar-refractivity contribution >= 4 is 25.8 Å². The molecule has 1 atom stereocenters. The summed E-state index contributed by atoms with van der Waals surface area (Å²) >= 11 is 3.20. The van der Waals surface area contributed by atoms with Gasteiger partial charge in [-0.2, -0.15) is 0 Å². The Morgan fingerprint density at radius 1 is 1.53 bits per heavy atom. The van der Waals surface area contributed by atoms with Gasteiger partial charge < -0.3 is 9.73 Å². The molecule has 0 aliphatic heterocycles. The van der Waals surface area contributed by atoms with E-state index in [1.807, 2.05) is 13.0 Å². The van der Waals surface area contributed by atoms with Gasteiger partial charge in [-0.15, -0.1) is 0 Å². The maximum atomic E-state index is 11.0. The average molecular weight is 296 g/mol. The van der Waals surface area contributed by atoms with Gasteiger partial charge in [-0.05, 0) is 35.0 Å². The molecule has 4 nitrogen and oxygen atoms in total. The van der Waals surface area contributed by atoms with Crippen LogP contribution in [0.4, 0.5) is 0 Å². The third kappa shape index (κ3) is 5.34. The molecule has 0 amide bonds.